The molecule has 7 nitrogen and oxygen atoms in total. The van der Waals surface area contributed by atoms with E-state index in [0.717, 1.165) is 15.8 Å². The lowest BCUT2D eigenvalue weighted by Crippen LogP contribution is -2.11. The summed E-state index contributed by atoms with van der Waals surface area (Å²) in [5.74, 6) is 0.387. The molecule has 0 aliphatic rings. The van der Waals surface area contributed by atoms with Crippen LogP contribution in [0.25, 0.3) is 21.6 Å². The quantitative estimate of drug-likeness (QED) is 0.614. The number of benzene rings is 2. The van der Waals surface area contributed by atoms with E-state index in [9.17, 15) is 4.79 Å². The summed E-state index contributed by atoms with van der Waals surface area (Å²) in [5, 5.41) is 14.9. The molecule has 1 N–H and O–H groups in total. The van der Waals surface area contributed by atoms with Crippen LogP contribution in [-0.4, -0.2) is 31.1 Å². The Bertz CT molecular complexity index is 1080. The molecule has 0 spiro atoms. The van der Waals surface area contributed by atoms with E-state index in [2.05, 4.69) is 31.9 Å². The highest BCUT2D eigenvalue weighted by atomic mass is 32.1. The Morgan fingerprint density at radius 3 is 2.88 bits per heavy atom. The summed E-state index contributed by atoms with van der Waals surface area (Å²) < 4.78 is 2.61. The van der Waals surface area contributed by atoms with E-state index in [1.807, 2.05) is 25.1 Å². The van der Waals surface area contributed by atoms with E-state index in [1.165, 1.54) is 16.9 Å². The van der Waals surface area contributed by atoms with E-state index >= 15 is 0 Å². The zero-order chi connectivity index (χ0) is 17.4. The van der Waals surface area contributed by atoms with Gasteiger partial charge in [0.2, 0.25) is 0 Å². The van der Waals surface area contributed by atoms with Crippen LogP contribution in [0.15, 0.2) is 42.5 Å². The molecule has 0 bridgehead atoms. The molecule has 0 radical (unpaired) electrons. The first-order valence-corrected chi connectivity index (χ1v) is 8.43. The van der Waals surface area contributed by atoms with Gasteiger partial charge in [0, 0.05) is 18.2 Å². The molecular formula is C17H14N6OS. The molecule has 1 amide bonds. The number of amides is 1. The van der Waals surface area contributed by atoms with Crippen molar-refractivity contribution in [3.8, 4) is 11.4 Å². The van der Waals surface area contributed by atoms with Gasteiger partial charge in [-0.05, 0) is 47.2 Å². The monoisotopic (exact) mass is 350 g/mol. The number of hydrogen-bond acceptors (Lipinski definition) is 6. The fraction of sp³-hybridized carbons (Fsp3) is 0.118. The molecule has 2 aromatic heterocycles. The van der Waals surface area contributed by atoms with Crippen molar-refractivity contribution in [3.05, 3.63) is 53.6 Å². The van der Waals surface area contributed by atoms with E-state index < -0.39 is 0 Å². The second-order valence-corrected chi connectivity index (χ2v) is 6.68. The summed E-state index contributed by atoms with van der Waals surface area (Å²) in [4.78, 5) is 17.0. The number of carbonyl (C=O) groups is 1. The van der Waals surface area contributed by atoms with Gasteiger partial charge >= 0.3 is 0 Å². The second-order valence-electron chi connectivity index (χ2n) is 5.65. The van der Waals surface area contributed by atoms with E-state index in [0.29, 0.717) is 16.5 Å². The molecule has 124 valence electrons. The first-order valence-electron chi connectivity index (χ1n) is 7.61. The predicted octanol–water partition coefficient (Wildman–Crippen LogP) is 3.05. The molecule has 0 aliphatic carbocycles. The Morgan fingerprint density at radius 2 is 2.08 bits per heavy atom. The van der Waals surface area contributed by atoms with E-state index in [1.54, 1.807) is 29.9 Å². The third kappa shape index (κ3) is 2.99. The average molecular weight is 350 g/mol. The molecule has 0 unspecified atom stereocenters. The SMILES string of the molecule is Cc1ccc2nc(NC(=O)c3cccc(-c4nnnn4C)c3)sc2c1. The van der Waals surface area contributed by atoms with Gasteiger partial charge in [-0.1, -0.05) is 29.5 Å². The second kappa shape index (κ2) is 6.06. The summed E-state index contributed by atoms with van der Waals surface area (Å²) in [7, 11) is 1.76. The van der Waals surface area contributed by atoms with Gasteiger partial charge < -0.3 is 0 Å². The fourth-order valence-electron chi connectivity index (χ4n) is 2.53. The molecule has 0 saturated carbocycles. The van der Waals surface area contributed by atoms with Crippen molar-refractivity contribution < 1.29 is 4.79 Å². The Morgan fingerprint density at radius 1 is 1.20 bits per heavy atom. The van der Waals surface area contributed by atoms with Gasteiger partial charge in [-0.2, -0.15) is 0 Å². The van der Waals surface area contributed by atoms with Crippen LogP contribution in [-0.2, 0) is 7.05 Å². The molecule has 0 fully saturated rings. The van der Waals surface area contributed by atoms with Crippen LogP contribution in [0.5, 0.6) is 0 Å². The standard InChI is InChI=1S/C17H14N6OS/c1-10-6-7-13-14(8-10)25-17(18-13)19-16(24)12-5-3-4-11(9-12)15-20-21-22-23(15)2/h3-9H,1-2H3,(H,18,19,24). The Balaban J connectivity index is 1.61. The molecule has 2 heterocycles. The lowest BCUT2D eigenvalue weighted by molar-refractivity contribution is 0.102. The van der Waals surface area contributed by atoms with Crippen LogP contribution in [0.2, 0.25) is 0 Å². The Kier molecular flexibility index (Phi) is 3.73. The number of carbonyl (C=O) groups excluding carboxylic acids is 1. The van der Waals surface area contributed by atoms with Gasteiger partial charge in [0.05, 0.1) is 10.2 Å². The van der Waals surface area contributed by atoms with Gasteiger partial charge in [0.1, 0.15) is 0 Å². The predicted molar refractivity (Wildman–Crippen MR) is 96.5 cm³/mol. The van der Waals surface area contributed by atoms with Gasteiger partial charge in [-0.3, -0.25) is 10.1 Å². The highest BCUT2D eigenvalue weighted by Gasteiger charge is 2.13. The summed E-state index contributed by atoms with van der Waals surface area (Å²) in [5.41, 5.74) is 3.35. The molecule has 0 saturated heterocycles. The highest BCUT2D eigenvalue weighted by molar-refractivity contribution is 7.22. The minimum absolute atomic E-state index is 0.215. The highest BCUT2D eigenvalue weighted by Crippen LogP contribution is 2.27. The number of thiazole rings is 1. The fourth-order valence-corrected chi connectivity index (χ4v) is 3.49. The van der Waals surface area contributed by atoms with Crippen LogP contribution in [0, 0.1) is 6.92 Å². The first-order chi connectivity index (χ1) is 12.1. The number of rotatable bonds is 3. The third-order valence-electron chi connectivity index (χ3n) is 3.77. The lowest BCUT2D eigenvalue weighted by atomic mass is 10.1. The summed E-state index contributed by atoms with van der Waals surface area (Å²) in [6, 6.07) is 13.2. The van der Waals surface area contributed by atoms with Crippen LogP contribution in [0.3, 0.4) is 0 Å². The van der Waals surface area contributed by atoms with Gasteiger partial charge in [0.15, 0.2) is 11.0 Å². The molecule has 0 atom stereocenters. The van der Waals surface area contributed by atoms with Gasteiger partial charge in [-0.15, -0.1) is 5.10 Å². The number of hydrogen-bond donors (Lipinski definition) is 1. The van der Waals surface area contributed by atoms with Crippen molar-refractivity contribution in [2.75, 3.05) is 5.32 Å². The molecular weight excluding hydrogens is 336 g/mol. The average Bonchev–Trinajstić information content (AvgIpc) is 3.20. The van der Waals surface area contributed by atoms with Crippen molar-refractivity contribution in [1.82, 2.24) is 25.2 Å². The Labute approximate surface area is 147 Å². The molecule has 2 aromatic carbocycles. The van der Waals surface area contributed by atoms with Gasteiger partial charge in [0.25, 0.3) is 5.91 Å². The number of aromatic nitrogens is 5. The minimum Gasteiger partial charge on any atom is -0.298 e. The third-order valence-corrected chi connectivity index (χ3v) is 4.70. The summed E-state index contributed by atoms with van der Waals surface area (Å²) >= 11 is 1.46. The number of aryl methyl sites for hydroxylation is 2. The maximum absolute atomic E-state index is 12.6. The Hall–Kier alpha value is -3.13. The van der Waals surface area contributed by atoms with Crippen LogP contribution >= 0.6 is 11.3 Å². The lowest BCUT2D eigenvalue weighted by Gasteiger charge is -2.04. The molecule has 4 rings (SSSR count). The molecule has 25 heavy (non-hydrogen) atoms. The maximum atomic E-state index is 12.6. The van der Waals surface area contributed by atoms with E-state index in [4.69, 9.17) is 0 Å². The zero-order valence-corrected chi connectivity index (χ0v) is 14.4. The van der Waals surface area contributed by atoms with Crippen molar-refractivity contribution >= 4 is 32.6 Å². The van der Waals surface area contributed by atoms with E-state index in [-0.39, 0.29) is 5.91 Å². The number of tetrazole rings is 1. The number of nitrogens with one attached hydrogen (secondary N) is 1. The summed E-state index contributed by atoms with van der Waals surface area (Å²) in [6.07, 6.45) is 0. The van der Waals surface area contributed by atoms with Crippen molar-refractivity contribution in [1.29, 1.82) is 0 Å². The maximum Gasteiger partial charge on any atom is 0.257 e. The normalized spacial score (nSPS) is 11.0. The number of nitrogens with zero attached hydrogens (tertiary/aromatic N) is 5. The van der Waals surface area contributed by atoms with Crippen molar-refractivity contribution in [3.63, 3.8) is 0 Å². The number of anilines is 1. The molecule has 4 aromatic rings. The molecule has 0 aliphatic heterocycles. The van der Waals surface area contributed by atoms with Crippen LogP contribution in [0.1, 0.15) is 15.9 Å². The largest absolute Gasteiger partial charge is 0.298 e. The summed E-state index contributed by atoms with van der Waals surface area (Å²) in [6.45, 7) is 2.03. The van der Waals surface area contributed by atoms with Crippen molar-refractivity contribution in [2.24, 2.45) is 7.05 Å². The first kappa shape index (κ1) is 15.4. The topological polar surface area (TPSA) is 85.6 Å². The molecule has 8 heteroatoms. The smallest absolute Gasteiger partial charge is 0.257 e. The zero-order valence-electron chi connectivity index (χ0n) is 13.6. The number of fused-ring (bicyclic) bond motifs is 1. The van der Waals surface area contributed by atoms with Gasteiger partial charge in [-0.25, -0.2) is 9.67 Å². The van der Waals surface area contributed by atoms with Crippen LogP contribution < -0.4 is 5.32 Å². The minimum atomic E-state index is -0.215. The van der Waals surface area contributed by atoms with Crippen molar-refractivity contribution in [2.45, 2.75) is 6.92 Å². The van der Waals surface area contributed by atoms with Crippen LogP contribution in [0.4, 0.5) is 5.13 Å².